The normalized spacial score (nSPS) is 19.0. The summed E-state index contributed by atoms with van der Waals surface area (Å²) < 4.78 is 1.77. The molecule has 0 spiro atoms. The average Bonchev–Trinajstić information content (AvgIpc) is 3.11. The van der Waals surface area contributed by atoms with Crippen LogP contribution in [0.4, 0.5) is 0 Å². The molecular formula is C17H22N4O. The lowest BCUT2D eigenvalue weighted by Gasteiger charge is -2.29. The van der Waals surface area contributed by atoms with E-state index in [0.717, 1.165) is 42.4 Å². The van der Waals surface area contributed by atoms with Gasteiger partial charge in [0.05, 0.1) is 11.3 Å². The number of amides is 1. The molecule has 22 heavy (non-hydrogen) atoms. The number of hydrogen-bond donors (Lipinski definition) is 0. The summed E-state index contributed by atoms with van der Waals surface area (Å²) in [5.41, 5.74) is 2.48. The van der Waals surface area contributed by atoms with E-state index in [-0.39, 0.29) is 5.91 Å². The van der Waals surface area contributed by atoms with Gasteiger partial charge in [0.15, 0.2) is 5.65 Å². The van der Waals surface area contributed by atoms with E-state index in [9.17, 15) is 4.79 Å². The molecule has 2 saturated carbocycles. The van der Waals surface area contributed by atoms with Gasteiger partial charge in [-0.2, -0.15) is 5.10 Å². The molecule has 116 valence electrons. The van der Waals surface area contributed by atoms with Gasteiger partial charge >= 0.3 is 0 Å². The van der Waals surface area contributed by atoms with Gasteiger partial charge in [0.1, 0.15) is 0 Å². The predicted molar refractivity (Wildman–Crippen MR) is 84.7 cm³/mol. The van der Waals surface area contributed by atoms with Gasteiger partial charge in [0.2, 0.25) is 0 Å². The fraction of sp³-hybridized carbons (Fsp3) is 0.588. The third-order valence-corrected chi connectivity index (χ3v) is 5.00. The Kier molecular flexibility index (Phi) is 3.17. The largest absolute Gasteiger partial charge is 0.333 e. The number of fused-ring (bicyclic) bond motifs is 1. The van der Waals surface area contributed by atoms with Crippen molar-refractivity contribution in [2.45, 2.75) is 57.5 Å². The van der Waals surface area contributed by atoms with Crippen LogP contribution >= 0.6 is 0 Å². The van der Waals surface area contributed by atoms with Crippen molar-refractivity contribution in [1.82, 2.24) is 19.7 Å². The third-order valence-electron chi connectivity index (χ3n) is 5.00. The van der Waals surface area contributed by atoms with E-state index in [2.05, 4.69) is 15.0 Å². The van der Waals surface area contributed by atoms with Gasteiger partial charge in [-0.05, 0) is 38.7 Å². The van der Waals surface area contributed by atoms with Crippen LogP contribution in [0.25, 0.3) is 11.0 Å². The summed E-state index contributed by atoms with van der Waals surface area (Å²) in [5.74, 6) is 0.159. The van der Waals surface area contributed by atoms with Crippen molar-refractivity contribution in [2.75, 3.05) is 0 Å². The predicted octanol–water partition coefficient (Wildman–Crippen LogP) is 2.82. The van der Waals surface area contributed by atoms with Crippen LogP contribution in [0, 0.1) is 6.92 Å². The van der Waals surface area contributed by atoms with Crippen LogP contribution < -0.4 is 0 Å². The number of pyridine rings is 1. The second kappa shape index (κ2) is 5.07. The van der Waals surface area contributed by atoms with Gasteiger partial charge in [0.25, 0.3) is 5.91 Å². The first kappa shape index (κ1) is 13.7. The van der Waals surface area contributed by atoms with Crippen molar-refractivity contribution in [3.05, 3.63) is 23.5 Å². The molecule has 0 N–H and O–H groups in total. The summed E-state index contributed by atoms with van der Waals surface area (Å²) in [6.07, 6.45) is 8.85. The van der Waals surface area contributed by atoms with Crippen LogP contribution in [-0.4, -0.2) is 37.7 Å². The standard InChI is InChI=1S/C17H22N4O/c1-11-15-9-12(10-18-16(15)20(2)19-11)17(22)21(14-7-8-14)13-5-3-4-6-13/h9-10,13-14H,3-8H2,1-2H3. The molecule has 2 heterocycles. The lowest BCUT2D eigenvalue weighted by molar-refractivity contribution is 0.0664. The highest BCUT2D eigenvalue weighted by Crippen LogP contribution is 2.35. The lowest BCUT2D eigenvalue weighted by Crippen LogP contribution is -2.40. The van der Waals surface area contributed by atoms with E-state index in [1.807, 2.05) is 20.0 Å². The molecule has 1 amide bonds. The number of carbonyl (C=O) groups is 1. The minimum absolute atomic E-state index is 0.159. The second-order valence-corrected chi connectivity index (χ2v) is 6.69. The highest BCUT2D eigenvalue weighted by molar-refractivity contribution is 5.97. The molecule has 0 radical (unpaired) electrons. The topological polar surface area (TPSA) is 51.0 Å². The molecular weight excluding hydrogens is 276 g/mol. The van der Waals surface area contributed by atoms with Crippen molar-refractivity contribution in [3.63, 3.8) is 0 Å². The lowest BCUT2D eigenvalue weighted by atomic mass is 10.1. The molecule has 2 aliphatic rings. The van der Waals surface area contributed by atoms with E-state index >= 15 is 0 Å². The first-order valence-corrected chi connectivity index (χ1v) is 8.27. The summed E-state index contributed by atoms with van der Waals surface area (Å²) in [7, 11) is 1.89. The second-order valence-electron chi connectivity index (χ2n) is 6.69. The van der Waals surface area contributed by atoms with E-state index in [0.29, 0.717) is 17.6 Å². The van der Waals surface area contributed by atoms with Crippen molar-refractivity contribution in [2.24, 2.45) is 7.05 Å². The highest BCUT2D eigenvalue weighted by atomic mass is 16.2. The zero-order chi connectivity index (χ0) is 15.3. The van der Waals surface area contributed by atoms with Gasteiger partial charge in [-0.1, -0.05) is 12.8 Å². The Labute approximate surface area is 130 Å². The quantitative estimate of drug-likeness (QED) is 0.875. The van der Waals surface area contributed by atoms with Crippen LogP contribution in [0.15, 0.2) is 12.3 Å². The van der Waals surface area contributed by atoms with E-state index in [1.54, 1.807) is 10.9 Å². The number of nitrogens with zero attached hydrogens (tertiary/aromatic N) is 4. The number of carbonyl (C=O) groups excluding carboxylic acids is 1. The molecule has 5 nitrogen and oxygen atoms in total. The van der Waals surface area contributed by atoms with Crippen molar-refractivity contribution in [1.29, 1.82) is 0 Å². The van der Waals surface area contributed by atoms with Gasteiger partial charge in [-0.25, -0.2) is 4.98 Å². The zero-order valence-electron chi connectivity index (χ0n) is 13.2. The summed E-state index contributed by atoms with van der Waals surface area (Å²) in [6.45, 7) is 1.97. The third kappa shape index (κ3) is 2.19. The summed E-state index contributed by atoms with van der Waals surface area (Å²) >= 11 is 0. The first-order chi connectivity index (χ1) is 10.6. The monoisotopic (exact) mass is 298 g/mol. The SMILES string of the molecule is Cc1nn(C)c2ncc(C(=O)N(C3CCCC3)C3CC3)cc12. The first-order valence-electron chi connectivity index (χ1n) is 8.27. The van der Waals surface area contributed by atoms with Gasteiger partial charge in [0, 0.05) is 30.7 Å². The van der Waals surface area contributed by atoms with E-state index in [1.165, 1.54) is 12.8 Å². The average molecular weight is 298 g/mol. The molecule has 0 unspecified atom stereocenters. The maximum atomic E-state index is 13.0. The van der Waals surface area contributed by atoms with Gasteiger partial charge in [-0.3, -0.25) is 9.48 Å². The molecule has 0 atom stereocenters. The Balaban J connectivity index is 1.70. The van der Waals surface area contributed by atoms with Crippen LogP contribution in [0.3, 0.4) is 0 Å². The van der Waals surface area contributed by atoms with E-state index < -0.39 is 0 Å². The maximum absolute atomic E-state index is 13.0. The number of hydrogen-bond acceptors (Lipinski definition) is 3. The maximum Gasteiger partial charge on any atom is 0.255 e. The summed E-state index contributed by atoms with van der Waals surface area (Å²) in [4.78, 5) is 19.7. The van der Waals surface area contributed by atoms with Crippen LogP contribution in [-0.2, 0) is 7.05 Å². The Hall–Kier alpha value is -1.91. The number of aromatic nitrogens is 3. The molecule has 2 aromatic heterocycles. The number of rotatable bonds is 3. The smallest absolute Gasteiger partial charge is 0.255 e. The Morgan fingerprint density at radius 3 is 2.59 bits per heavy atom. The molecule has 2 aliphatic carbocycles. The Bertz CT molecular complexity index is 726. The number of aryl methyl sites for hydroxylation is 2. The van der Waals surface area contributed by atoms with Crippen LogP contribution in [0.5, 0.6) is 0 Å². The molecule has 2 fully saturated rings. The van der Waals surface area contributed by atoms with Crippen molar-refractivity contribution < 1.29 is 4.79 Å². The van der Waals surface area contributed by atoms with Gasteiger partial charge in [-0.15, -0.1) is 0 Å². The van der Waals surface area contributed by atoms with Crippen molar-refractivity contribution in [3.8, 4) is 0 Å². The van der Waals surface area contributed by atoms with Crippen LogP contribution in [0.1, 0.15) is 54.6 Å². The molecule has 0 saturated heterocycles. The zero-order valence-corrected chi connectivity index (χ0v) is 13.2. The van der Waals surface area contributed by atoms with Crippen LogP contribution in [0.2, 0.25) is 0 Å². The summed E-state index contributed by atoms with van der Waals surface area (Å²) in [5, 5.41) is 5.37. The Morgan fingerprint density at radius 1 is 1.23 bits per heavy atom. The minimum atomic E-state index is 0.159. The molecule has 0 aromatic carbocycles. The molecule has 2 aromatic rings. The van der Waals surface area contributed by atoms with Gasteiger partial charge < -0.3 is 4.90 Å². The van der Waals surface area contributed by atoms with E-state index in [4.69, 9.17) is 0 Å². The molecule has 0 bridgehead atoms. The fourth-order valence-corrected chi connectivity index (χ4v) is 3.74. The fourth-order valence-electron chi connectivity index (χ4n) is 3.74. The minimum Gasteiger partial charge on any atom is -0.333 e. The molecule has 4 rings (SSSR count). The molecule has 0 aliphatic heterocycles. The Morgan fingerprint density at radius 2 is 1.91 bits per heavy atom. The van der Waals surface area contributed by atoms with Crippen molar-refractivity contribution >= 4 is 16.9 Å². The highest BCUT2D eigenvalue weighted by Gasteiger charge is 2.38. The molecule has 5 heteroatoms. The summed E-state index contributed by atoms with van der Waals surface area (Å²) in [6, 6.07) is 2.86.